The third kappa shape index (κ3) is 4.94. The van der Waals surface area contributed by atoms with Crippen molar-refractivity contribution in [2.24, 2.45) is 5.10 Å². The molecule has 1 aliphatic heterocycles. The molecule has 3 rings (SSSR count). The van der Waals surface area contributed by atoms with Gasteiger partial charge in [-0.25, -0.2) is 5.01 Å². The summed E-state index contributed by atoms with van der Waals surface area (Å²) in [7, 11) is 3.18. The Kier molecular flexibility index (Phi) is 6.99. The number of hydrogen-bond acceptors (Lipinski definition) is 6. The molecule has 0 fully saturated rings. The van der Waals surface area contributed by atoms with Crippen molar-refractivity contribution in [3.8, 4) is 11.5 Å². The van der Waals surface area contributed by atoms with E-state index in [0.717, 1.165) is 23.3 Å². The predicted octanol–water partition coefficient (Wildman–Crippen LogP) is 4.51. The molecule has 0 saturated carbocycles. The first kappa shape index (κ1) is 21.7. The molecule has 1 aliphatic rings. The summed E-state index contributed by atoms with van der Waals surface area (Å²) in [4.78, 5) is 24.0. The van der Waals surface area contributed by atoms with E-state index >= 15 is 0 Å². The Bertz CT molecular complexity index is 977. The van der Waals surface area contributed by atoms with Gasteiger partial charge in [-0.15, -0.1) is 0 Å². The van der Waals surface area contributed by atoms with Gasteiger partial charge in [0.15, 0.2) is 11.5 Å². The van der Waals surface area contributed by atoms with Crippen LogP contribution in [0.2, 0.25) is 0 Å². The average Bonchev–Trinajstić information content (AvgIpc) is 2.74. The minimum atomic E-state index is -0.142. The molecular weight excluding hydrogens is 402 g/mol. The molecule has 0 aromatic heterocycles. The van der Waals surface area contributed by atoms with Gasteiger partial charge in [-0.2, -0.15) is 5.10 Å². The fourth-order valence-electron chi connectivity index (χ4n) is 3.21. The zero-order valence-electron chi connectivity index (χ0n) is 17.5. The van der Waals surface area contributed by atoms with Gasteiger partial charge in [0.05, 0.1) is 31.7 Å². The van der Waals surface area contributed by atoms with E-state index in [2.05, 4.69) is 5.32 Å². The Morgan fingerprint density at radius 3 is 2.60 bits per heavy atom. The highest BCUT2D eigenvalue weighted by atomic mass is 32.2. The molecule has 0 radical (unpaired) electrons. The SMILES string of the molecule is CCC1SC(=O)N(Cc2cccc(NC(C)=O)c2)N=C1c1ccc(OC)c(OC)c1. The van der Waals surface area contributed by atoms with Crippen molar-refractivity contribution in [1.82, 2.24) is 5.01 Å². The van der Waals surface area contributed by atoms with Gasteiger partial charge in [0.25, 0.3) is 0 Å². The summed E-state index contributed by atoms with van der Waals surface area (Å²) in [6.07, 6.45) is 0.773. The number of anilines is 1. The molecule has 8 heteroatoms. The van der Waals surface area contributed by atoms with Crippen LogP contribution in [0.25, 0.3) is 0 Å². The van der Waals surface area contributed by atoms with E-state index in [-0.39, 0.29) is 16.4 Å². The van der Waals surface area contributed by atoms with E-state index in [1.165, 1.54) is 23.7 Å². The highest BCUT2D eigenvalue weighted by Crippen LogP contribution is 2.33. The Morgan fingerprint density at radius 1 is 1.17 bits per heavy atom. The molecule has 2 aromatic carbocycles. The number of nitrogens with zero attached hydrogens (tertiary/aromatic N) is 2. The van der Waals surface area contributed by atoms with E-state index in [9.17, 15) is 9.59 Å². The minimum Gasteiger partial charge on any atom is -0.493 e. The number of carbonyl (C=O) groups excluding carboxylic acids is 2. The second kappa shape index (κ2) is 9.67. The van der Waals surface area contributed by atoms with Crippen molar-refractivity contribution >= 4 is 34.3 Å². The summed E-state index contributed by atoms with van der Waals surface area (Å²) < 4.78 is 10.7. The normalized spacial score (nSPS) is 16.1. The van der Waals surface area contributed by atoms with E-state index in [0.29, 0.717) is 23.7 Å². The van der Waals surface area contributed by atoms with E-state index in [4.69, 9.17) is 14.6 Å². The smallest absolute Gasteiger partial charge is 0.302 e. The first-order chi connectivity index (χ1) is 14.4. The maximum Gasteiger partial charge on any atom is 0.302 e. The van der Waals surface area contributed by atoms with Crippen LogP contribution in [0.5, 0.6) is 11.5 Å². The van der Waals surface area contributed by atoms with Gasteiger partial charge in [-0.1, -0.05) is 30.8 Å². The number of thioether (sulfide) groups is 1. The number of nitrogens with one attached hydrogen (secondary N) is 1. The van der Waals surface area contributed by atoms with Gasteiger partial charge in [0, 0.05) is 18.2 Å². The molecule has 7 nitrogen and oxygen atoms in total. The zero-order chi connectivity index (χ0) is 21.7. The van der Waals surface area contributed by atoms with Gasteiger partial charge in [0.2, 0.25) is 5.91 Å². The van der Waals surface area contributed by atoms with Crippen LogP contribution in [0.15, 0.2) is 47.6 Å². The van der Waals surface area contributed by atoms with Crippen molar-refractivity contribution in [3.05, 3.63) is 53.6 Å². The predicted molar refractivity (Wildman–Crippen MR) is 119 cm³/mol. The lowest BCUT2D eigenvalue weighted by Crippen LogP contribution is -2.34. The second-order valence-electron chi connectivity index (χ2n) is 6.77. The molecule has 2 amide bonds. The van der Waals surface area contributed by atoms with E-state index in [1.807, 2.05) is 49.4 Å². The summed E-state index contributed by atoms with van der Waals surface area (Å²) >= 11 is 1.27. The quantitative estimate of drug-likeness (QED) is 0.703. The number of amides is 2. The van der Waals surface area contributed by atoms with Gasteiger partial charge in [0.1, 0.15) is 0 Å². The molecule has 0 spiro atoms. The first-order valence-corrected chi connectivity index (χ1v) is 10.5. The summed E-state index contributed by atoms with van der Waals surface area (Å²) in [6.45, 7) is 3.81. The van der Waals surface area contributed by atoms with E-state index < -0.39 is 0 Å². The number of methoxy groups -OCH3 is 2. The number of carbonyl (C=O) groups is 2. The maximum absolute atomic E-state index is 12.7. The summed E-state index contributed by atoms with van der Waals surface area (Å²) in [6, 6.07) is 13.0. The second-order valence-corrected chi connectivity index (χ2v) is 7.93. The zero-order valence-corrected chi connectivity index (χ0v) is 18.3. The van der Waals surface area contributed by atoms with Crippen LogP contribution >= 0.6 is 11.8 Å². The summed E-state index contributed by atoms with van der Waals surface area (Å²) in [5, 5.41) is 8.78. The largest absolute Gasteiger partial charge is 0.493 e. The third-order valence-electron chi connectivity index (χ3n) is 4.62. The molecule has 1 heterocycles. The topological polar surface area (TPSA) is 80.2 Å². The number of ether oxygens (including phenoxy) is 2. The molecule has 0 bridgehead atoms. The van der Waals surface area contributed by atoms with Crippen LogP contribution in [0, 0.1) is 0 Å². The van der Waals surface area contributed by atoms with E-state index in [1.54, 1.807) is 14.2 Å². The maximum atomic E-state index is 12.7. The van der Waals surface area contributed by atoms with Crippen LogP contribution in [0.3, 0.4) is 0 Å². The molecule has 1 N–H and O–H groups in total. The number of benzene rings is 2. The van der Waals surface area contributed by atoms with Crippen LogP contribution in [0.1, 0.15) is 31.4 Å². The van der Waals surface area contributed by atoms with Crippen LogP contribution < -0.4 is 14.8 Å². The Labute approximate surface area is 180 Å². The van der Waals surface area contributed by atoms with Gasteiger partial charge >= 0.3 is 5.24 Å². The van der Waals surface area contributed by atoms with Crippen LogP contribution in [-0.4, -0.2) is 41.3 Å². The number of hydrazone groups is 1. The van der Waals surface area contributed by atoms with Crippen molar-refractivity contribution in [2.75, 3.05) is 19.5 Å². The molecule has 0 aliphatic carbocycles. The summed E-state index contributed by atoms with van der Waals surface area (Å²) in [5.74, 6) is 1.11. The molecular formula is C22H25N3O4S. The van der Waals surface area contributed by atoms with Gasteiger partial charge in [-0.3, -0.25) is 9.59 Å². The summed E-state index contributed by atoms with van der Waals surface area (Å²) in [5.41, 5.74) is 3.27. The average molecular weight is 428 g/mol. The van der Waals surface area contributed by atoms with Crippen molar-refractivity contribution in [2.45, 2.75) is 32.1 Å². The Hall–Kier alpha value is -3.00. The number of rotatable bonds is 7. The van der Waals surface area contributed by atoms with Crippen LogP contribution in [-0.2, 0) is 11.3 Å². The molecule has 0 saturated heterocycles. The highest BCUT2D eigenvalue weighted by Gasteiger charge is 2.30. The van der Waals surface area contributed by atoms with Crippen molar-refractivity contribution in [3.63, 3.8) is 0 Å². The molecule has 2 aromatic rings. The standard InChI is InChI=1S/C22H25N3O4S/c1-5-20-21(16-9-10-18(28-3)19(12-16)29-4)24-25(22(27)30-20)13-15-7-6-8-17(11-15)23-14(2)26/h6-12,20H,5,13H2,1-4H3,(H,23,26). The van der Waals surface area contributed by atoms with Gasteiger partial charge in [-0.05, 0) is 42.3 Å². The first-order valence-electron chi connectivity index (χ1n) is 9.60. The molecule has 1 atom stereocenters. The fourth-order valence-corrected chi connectivity index (χ4v) is 4.14. The monoisotopic (exact) mass is 427 g/mol. The van der Waals surface area contributed by atoms with Crippen LogP contribution in [0.4, 0.5) is 10.5 Å². The number of hydrogen-bond donors (Lipinski definition) is 1. The highest BCUT2D eigenvalue weighted by molar-refractivity contribution is 8.14. The molecule has 1 unspecified atom stereocenters. The minimum absolute atomic E-state index is 0.0439. The lowest BCUT2D eigenvalue weighted by atomic mass is 10.0. The molecule has 30 heavy (non-hydrogen) atoms. The Balaban J connectivity index is 1.92. The Morgan fingerprint density at radius 2 is 1.93 bits per heavy atom. The lowest BCUT2D eigenvalue weighted by Gasteiger charge is -2.28. The molecule has 158 valence electrons. The lowest BCUT2D eigenvalue weighted by molar-refractivity contribution is -0.114. The third-order valence-corrected chi connectivity index (χ3v) is 5.87. The van der Waals surface area contributed by atoms with Crippen molar-refractivity contribution in [1.29, 1.82) is 0 Å². The fraction of sp³-hybridized carbons (Fsp3) is 0.318. The van der Waals surface area contributed by atoms with Gasteiger partial charge < -0.3 is 14.8 Å². The van der Waals surface area contributed by atoms with Crippen molar-refractivity contribution < 1.29 is 19.1 Å².